The van der Waals surface area contributed by atoms with Gasteiger partial charge >= 0.3 is 0 Å². The Hall–Kier alpha value is -1.16. The van der Waals surface area contributed by atoms with Crippen molar-refractivity contribution in [3.63, 3.8) is 0 Å². The molecule has 3 nitrogen and oxygen atoms in total. The number of hydrogen-bond donors (Lipinski definition) is 1. The number of nitriles is 1. The van der Waals surface area contributed by atoms with Gasteiger partial charge in [-0.2, -0.15) is 5.26 Å². The Balaban J connectivity index is 1.89. The van der Waals surface area contributed by atoms with Crippen molar-refractivity contribution in [3.05, 3.63) is 36.8 Å². The van der Waals surface area contributed by atoms with Crippen molar-refractivity contribution >= 4 is 49.5 Å². The number of halogens is 1. The van der Waals surface area contributed by atoms with Gasteiger partial charge in [0.15, 0.2) is 0 Å². The van der Waals surface area contributed by atoms with Gasteiger partial charge in [-0.05, 0) is 59.3 Å². The van der Waals surface area contributed by atoms with Gasteiger partial charge in [-0.25, -0.2) is 0 Å². The second kappa shape index (κ2) is 6.30. The van der Waals surface area contributed by atoms with Crippen LogP contribution >= 0.6 is 38.6 Å². The molecule has 1 aliphatic carbocycles. The van der Waals surface area contributed by atoms with E-state index in [-0.39, 0.29) is 5.91 Å². The third-order valence-electron chi connectivity index (χ3n) is 3.56. The molecule has 21 heavy (non-hydrogen) atoms. The quantitative estimate of drug-likeness (QED) is 0.747. The maximum absolute atomic E-state index is 12.3. The van der Waals surface area contributed by atoms with Crippen LogP contribution in [-0.4, -0.2) is 5.91 Å². The molecule has 0 unspecified atom stereocenters. The highest BCUT2D eigenvalue weighted by molar-refractivity contribution is 9.11. The molecule has 0 radical (unpaired) electrons. The number of nitrogens with one attached hydrogen (secondary N) is 1. The molecular weight excluding hydrogens is 368 g/mol. The average Bonchev–Trinajstić information content (AvgIpc) is 2.96. The van der Waals surface area contributed by atoms with Crippen molar-refractivity contribution in [1.29, 1.82) is 5.26 Å². The number of amides is 1. The first-order chi connectivity index (χ1) is 10.2. The molecule has 0 bridgehead atoms. The Morgan fingerprint density at radius 3 is 2.76 bits per heavy atom. The van der Waals surface area contributed by atoms with Crippen LogP contribution in [0.1, 0.15) is 44.9 Å². The number of aryl methyl sites for hydroxylation is 1. The molecule has 2 heterocycles. The third-order valence-corrected chi connectivity index (χ3v) is 6.39. The lowest BCUT2D eigenvalue weighted by Gasteiger charge is -2.02. The van der Waals surface area contributed by atoms with Gasteiger partial charge in [0.25, 0.3) is 5.91 Å². The van der Waals surface area contributed by atoms with Crippen molar-refractivity contribution < 1.29 is 4.79 Å². The summed E-state index contributed by atoms with van der Waals surface area (Å²) in [5.74, 6) is -0.140. The smallest absolute Gasteiger partial charge is 0.266 e. The predicted octanol–water partition coefficient (Wildman–Crippen LogP) is 4.96. The standard InChI is InChI=1S/C15H13BrN2OS2/c16-13-7-6-12(20-13)14(19)18-15-10(8-17)9-4-2-1-3-5-11(9)21-15/h6-7H,1-5H2,(H,18,19). The minimum absolute atomic E-state index is 0.140. The monoisotopic (exact) mass is 380 g/mol. The number of thiophene rings is 2. The van der Waals surface area contributed by atoms with Gasteiger partial charge in [0.2, 0.25) is 0 Å². The zero-order valence-corrected chi connectivity index (χ0v) is 14.5. The molecule has 0 aromatic carbocycles. The van der Waals surface area contributed by atoms with Crippen LogP contribution in [-0.2, 0) is 12.8 Å². The van der Waals surface area contributed by atoms with Crippen LogP contribution in [0.3, 0.4) is 0 Å². The first-order valence-electron chi connectivity index (χ1n) is 6.80. The second-order valence-electron chi connectivity index (χ2n) is 4.94. The molecule has 0 spiro atoms. The molecule has 1 N–H and O–H groups in total. The Morgan fingerprint density at radius 1 is 1.24 bits per heavy atom. The molecule has 2 aromatic rings. The van der Waals surface area contributed by atoms with Crippen LogP contribution in [0.15, 0.2) is 15.9 Å². The first-order valence-corrected chi connectivity index (χ1v) is 9.23. The summed E-state index contributed by atoms with van der Waals surface area (Å²) in [6.07, 6.45) is 5.49. The molecule has 2 aromatic heterocycles. The van der Waals surface area contributed by atoms with Gasteiger partial charge in [-0.3, -0.25) is 4.79 Å². The maximum Gasteiger partial charge on any atom is 0.266 e. The number of anilines is 1. The van der Waals surface area contributed by atoms with Gasteiger partial charge in [-0.15, -0.1) is 22.7 Å². The van der Waals surface area contributed by atoms with Crippen molar-refractivity contribution in [3.8, 4) is 6.07 Å². The van der Waals surface area contributed by atoms with E-state index in [1.54, 1.807) is 17.4 Å². The lowest BCUT2D eigenvalue weighted by molar-refractivity contribution is 0.103. The van der Waals surface area contributed by atoms with Crippen molar-refractivity contribution in [2.24, 2.45) is 0 Å². The van der Waals surface area contributed by atoms with Crippen LogP contribution in [0, 0.1) is 11.3 Å². The van der Waals surface area contributed by atoms with Crippen molar-refractivity contribution in [2.45, 2.75) is 32.1 Å². The van der Waals surface area contributed by atoms with E-state index in [0.29, 0.717) is 15.4 Å². The molecule has 6 heteroatoms. The van der Waals surface area contributed by atoms with Gasteiger partial charge < -0.3 is 5.32 Å². The Kier molecular flexibility index (Phi) is 4.43. The molecule has 0 saturated carbocycles. The third kappa shape index (κ3) is 3.05. The summed E-state index contributed by atoms with van der Waals surface area (Å²) in [7, 11) is 0. The first kappa shape index (κ1) is 14.8. The van der Waals surface area contributed by atoms with Gasteiger partial charge in [0.1, 0.15) is 11.1 Å². The fourth-order valence-corrected chi connectivity index (χ4v) is 5.07. The molecule has 0 saturated heterocycles. The maximum atomic E-state index is 12.3. The molecule has 1 aliphatic rings. The molecular formula is C15H13BrN2OS2. The van der Waals surface area contributed by atoms with Crippen LogP contribution in [0.2, 0.25) is 0 Å². The van der Waals surface area contributed by atoms with Crippen LogP contribution in [0.5, 0.6) is 0 Å². The Labute approximate surface area is 139 Å². The fourth-order valence-electron chi connectivity index (χ4n) is 2.55. The predicted molar refractivity (Wildman–Crippen MR) is 90.3 cm³/mol. The number of carbonyl (C=O) groups excluding carboxylic acids is 1. The van der Waals surface area contributed by atoms with E-state index in [2.05, 4.69) is 27.3 Å². The molecule has 0 atom stereocenters. The number of carbonyl (C=O) groups is 1. The van der Waals surface area contributed by atoms with Crippen LogP contribution < -0.4 is 5.32 Å². The van der Waals surface area contributed by atoms with E-state index in [1.807, 2.05) is 6.07 Å². The van der Waals surface area contributed by atoms with E-state index in [4.69, 9.17) is 0 Å². The van der Waals surface area contributed by atoms with E-state index in [9.17, 15) is 10.1 Å². The largest absolute Gasteiger partial charge is 0.312 e. The number of rotatable bonds is 2. The van der Waals surface area contributed by atoms with Crippen LogP contribution in [0.25, 0.3) is 0 Å². The highest BCUT2D eigenvalue weighted by Crippen LogP contribution is 2.37. The topological polar surface area (TPSA) is 52.9 Å². The normalized spacial score (nSPS) is 14.1. The van der Waals surface area contributed by atoms with E-state index in [0.717, 1.165) is 28.6 Å². The second-order valence-corrected chi connectivity index (χ2v) is 8.51. The number of hydrogen-bond acceptors (Lipinski definition) is 4. The summed E-state index contributed by atoms with van der Waals surface area (Å²) in [5, 5.41) is 13.1. The Morgan fingerprint density at radius 2 is 2.05 bits per heavy atom. The van der Waals surface area contributed by atoms with E-state index >= 15 is 0 Å². The fraction of sp³-hybridized carbons (Fsp3) is 0.333. The number of nitrogens with zero attached hydrogens (tertiary/aromatic N) is 1. The van der Waals surface area contributed by atoms with E-state index in [1.165, 1.54) is 29.1 Å². The summed E-state index contributed by atoms with van der Waals surface area (Å²) >= 11 is 6.32. The summed E-state index contributed by atoms with van der Waals surface area (Å²) in [4.78, 5) is 14.2. The minimum atomic E-state index is -0.140. The van der Waals surface area contributed by atoms with Crippen LogP contribution in [0.4, 0.5) is 5.00 Å². The highest BCUT2D eigenvalue weighted by atomic mass is 79.9. The zero-order valence-electron chi connectivity index (χ0n) is 11.2. The van der Waals surface area contributed by atoms with E-state index < -0.39 is 0 Å². The summed E-state index contributed by atoms with van der Waals surface area (Å²) in [6.45, 7) is 0. The highest BCUT2D eigenvalue weighted by Gasteiger charge is 2.21. The molecule has 1 amide bonds. The van der Waals surface area contributed by atoms with Gasteiger partial charge in [0.05, 0.1) is 14.2 Å². The van der Waals surface area contributed by atoms with Gasteiger partial charge in [0, 0.05) is 4.88 Å². The SMILES string of the molecule is N#Cc1c(NC(=O)c2ccc(Br)s2)sc2c1CCCCC2. The zero-order chi connectivity index (χ0) is 14.8. The number of fused-ring (bicyclic) bond motifs is 1. The minimum Gasteiger partial charge on any atom is -0.312 e. The summed E-state index contributed by atoms with van der Waals surface area (Å²) < 4.78 is 0.926. The van der Waals surface area contributed by atoms with Gasteiger partial charge in [-0.1, -0.05) is 6.42 Å². The molecule has 0 aliphatic heterocycles. The van der Waals surface area contributed by atoms with Crippen molar-refractivity contribution in [2.75, 3.05) is 5.32 Å². The summed E-state index contributed by atoms with van der Waals surface area (Å²) in [5.41, 5.74) is 1.82. The molecule has 108 valence electrons. The average molecular weight is 381 g/mol. The summed E-state index contributed by atoms with van der Waals surface area (Å²) in [6, 6.07) is 5.93. The Bertz CT molecular complexity index is 727. The lowest BCUT2D eigenvalue weighted by Crippen LogP contribution is -2.10. The van der Waals surface area contributed by atoms with Crippen molar-refractivity contribution in [1.82, 2.24) is 0 Å². The molecule has 3 rings (SSSR count). The lowest BCUT2D eigenvalue weighted by atomic mass is 10.1. The molecule has 0 fully saturated rings.